The van der Waals surface area contributed by atoms with Crippen LogP contribution in [0.3, 0.4) is 0 Å². The summed E-state index contributed by atoms with van der Waals surface area (Å²) in [6.07, 6.45) is 7.21. The van der Waals surface area contributed by atoms with Crippen LogP contribution in [0, 0.1) is 0 Å². The molecule has 0 aliphatic heterocycles. The second-order valence-corrected chi connectivity index (χ2v) is 6.33. The Balaban J connectivity index is 1.43. The van der Waals surface area contributed by atoms with E-state index in [1.165, 1.54) is 24.8 Å². The molecule has 0 unspecified atom stereocenters. The fourth-order valence-corrected chi connectivity index (χ4v) is 3.34. The Labute approximate surface area is 132 Å². The molecule has 0 bridgehead atoms. The molecule has 1 aromatic carbocycles. The van der Waals surface area contributed by atoms with Gasteiger partial charge in [-0.1, -0.05) is 37.5 Å². The lowest BCUT2D eigenvalue weighted by Gasteiger charge is -2.21. The maximum absolute atomic E-state index is 12.0. The van der Waals surface area contributed by atoms with Crippen molar-refractivity contribution in [3.05, 3.63) is 29.8 Å². The summed E-state index contributed by atoms with van der Waals surface area (Å²) in [7, 11) is 1.69. The van der Waals surface area contributed by atoms with Gasteiger partial charge in [0.25, 0.3) is 0 Å². The minimum atomic E-state index is 0.00738. The van der Waals surface area contributed by atoms with Crippen molar-refractivity contribution in [2.45, 2.75) is 56.6 Å². The number of benzene rings is 1. The Morgan fingerprint density at radius 2 is 2.00 bits per heavy atom. The monoisotopic (exact) mass is 303 g/mol. The van der Waals surface area contributed by atoms with Crippen LogP contribution in [0.4, 0.5) is 0 Å². The molecule has 4 nitrogen and oxygen atoms in total. The second-order valence-electron chi connectivity index (χ2n) is 6.33. The highest BCUT2D eigenvalue weighted by Gasteiger charge is 2.41. The zero-order valence-electron chi connectivity index (χ0n) is 13.2. The Bertz CT molecular complexity index is 511. The first-order valence-electron chi connectivity index (χ1n) is 8.32. The van der Waals surface area contributed by atoms with Gasteiger partial charge in [-0.15, -0.1) is 0 Å². The van der Waals surface area contributed by atoms with Crippen LogP contribution in [0.5, 0.6) is 5.75 Å². The van der Waals surface area contributed by atoms with Gasteiger partial charge in [-0.05, 0) is 30.9 Å². The molecule has 0 spiro atoms. The van der Waals surface area contributed by atoms with Crippen LogP contribution in [0.1, 0.15) is 50.0 Å². The molecule has 2 fully saturated rings. The number of amides is 1. The second kappa shape index (κ2) is 7.14. The van der Waals surface area contributed by atoms with E-state index in [1.54, 1.807) is 7.11 Å². The van der Waals surface area contributed by atoms with Crippen molar-refractivity contribution in [1.82, 2.24) is 5.32 Å². The van der Waals surface area contributed by atoms with Crippen LogP contribution < -0.4 is 10.1 Å². The van der Waals surface area contributed by atoms with Crippen molar-refractivity contribution < 1.29 is 14.3 Å². The fourth-order valence-electron chi connectivity index (χ4n) is 3.34. The van der Waals surface area contributed by atoms with Gasteiger partial charge in [0.2, 0.25) is 5.91 Å². The van der Waals surface area contributed by atoms with E-state index in [4.69, 9.17) is 9.47 Å². The van der Waals surface area contributed by atoms with Crippen LogP contribution in [0.2, 0.25) is 0 Å². The highest BCUT2D eigenvalue weighted by atomic mass is 16.5. The minimum absolute atomic E-state index is 0.00738. The van der Waals surface area contributed by atoms with Crippen molar-refractivity contribution in [2.75, 3.05) is 13.7 Å². The summed E-state index contributed by atoms with van der Waals surface area (Å²) in [5.74, 6) is 1.28. The van der Waals surface area contributed by atoms with Crippen LogP contribution in [0.15, 0.2) is 24.3 Å². The van der Waals surface area contributed by atoms with Gasteiger partial charge in [0.05, 0.1) is 13.2 Å². The Morgan fingerprint density at radius 1 is 1.23 bits per heavy atom. The molecule has 1 N–H and O–H groups in total. The van der Waals surface area contributed by atoms with E-state index in [1.807, 2.05) is 18.2 Å². The summed E-state index contributed by atoms with van der Waals surface area (Å²) in [5, 5.41) is 3.07. The van der Waals surface area contributed by atoms with Crippen LogP contribution >= 0.6 is 0 Å². The Hall–Kier alpha value is -1.55. The highest BCUT2D eigenvalue weighted by Crippen LogP contribution is 2.44. The van der Waals surface area contributed by atoms with Gasteiger partial charge in [0.1, 0.15) is 12.4 Å². The summed E-state index contributed by atoms with van der Waals surface area (Å²) in [4.78, 5) is 12.0. The van der Waals surface area contributed by atoms with Gasteiger partial charge in [-0.3, -0.25) is 4.79 Å². The topological polar surface area (TPSA) is 47.6 Å². The zero-order valence-corrected chi connectivity index (χ0v) is 13.2. The average molecular weight is 303 g/mol. The van der Waals surface area contributed by atoms with Gasteiger partial charge in [0, 0.05) is 12.0 Å². The molecule has 3 rings (SSSR count). The van der Waals surface area contributed by atoms with E-state index in [2.05, 4.69) is 11.4 Å². The number of hydrogen-bond donors (Lipinski definition) is 1. The first kappa shape index (κ1) is 15.3. The highest BCUT2D eigenvalue weighted by molar-refractivity contribution is 5.78. The van der Waals surface area contributed by atoms with E-state index >= 15 is 0 Å². The van der Waals surface area contributed by atoms with E-state index in [0.29, 0.717) is 5.92 Å². The van der Waals surface area contributed by atoms with Crippen LogP contribution in [-0.4, -0.2) is 31.8 Å². The maximum Gasteiger partial charge on any atom is 0.246 e. The summed E-state index contributed by atoms with van der Waals surface area (Å²) < 4.78 is 11.1. The van der Waals surface area contributed by atoms with Gasteiger partial charge in [-0.25, -0.2) is 0 Å². The van der Waals surface area contributed by atoms with E-state index < -0.39 is 0 Å². The molecule has 2 atom stereocenters. The van der Waals surface area contributed by atoms with Crippen molar-refractivity contribution in [3.8, 4) is 5.75 Å². The summed E-state index contributed by atoms with van der Waals surface area (Å²) in [5.41, 5.74) is 1.18. The van der Waals surface area contributed by atoms with Gasteiger partial charge in [-0.2, -0.15) is 0 Å². The lowest BCUT2D eigenvalue weighted by Crippen LogP contribution is -2.32. The molecule has 1 amide bonds. The van der Waals surface area contributed by atoms with E-state index in [9.17, 15) is 4.79 Å². The van der Waals surface area contributed by atoms with Crippen molar-refractivity contribution in [2.24, 2.45) is 0 Å². The third kappa shape index (κ3) is 3.80. The van der Waals surface area contributed by atoms with Crippen molar-refractivity contribution in [3.63, 3.8) is 0 Å². The number of carbonyl (C=O) groups excluding carboxylic acids is 1. The zero-order chi connectivity index (χ0) is 15.4. The van der Waals surface area contributed by atoms with Gasteiger partial charge < -0.3 is 14.8 Å². The normalized spacial score (nSPS) is 24.8. The molecule has 0 radical (unpaired) electrons. The molecule has 2 aliphatic rings. The molecule has 0 aromatic heterocycles. The number of hydrogen-bond acceptors (Lipinski definition) is 3. The standard InChI is InChI=1S/C18H25NO3/c1-21-17-10-6-5-9-14(17)15-11-16(15)19-18(20)12-22-13-7-3-2-4-8-13/h5-6,9-10,13,15-16H,2-4,7-8,11-12H2,1H3,(H,19,20)/t15-,16-/m0/s1. The fraction of sp³-hybridized carbons (Fsp3) is 0.611. The van der Waals surface area contributed by atoms with Crippen LogP contribution in [0.25, 0.3) is 0 Å². The molecule has 2 aliphatic carbocycles. The smallest absolute Gasteiger partial charge is 0.246 e. The number of nitrogens with one attached hydrogen (secondary N) is 1. The molecule has 2 saturated carbocycles. The van der Waals surface area contributed by atoms with E-state index in [0.717, 1.165) is 25.0 Å². The number of carbonyl (C=O) groups is 1. The first-order chi connectivity index (χ1) is 10.8. The minimum Gasteiger partial charge on any atom is -0.496 e. The quantitative estimate of drug-likeness (QED) is 0.879. The number of methoxy groups -OCH3 is 1. The SMILES string of the molecule is COc1ccccc1[C@@H]1C[C@@H]1NC(=O)COC1CCCCC1. The maximum atomic E-state index is 12.0. The van der Waals surface area contributed by atoms with Crippen LogP contribution in [-0.2, 0) is 9.53 Å². The molecule has 0 heterocycles. The molecule has 4 heteroatoms. The molecule has 120 valence electrons. The molecule has 0 saturated heterocycles. The van der Waals surface area contributed by atoms with Crippen molar-refractivity contribution in [1.29, 1.82) is 0 Å². The lowest BCUT2D eigenvalue weighted by molar-refractivity contribution is -0.128. The van der Waals surface area contributed by atoms with Gasteiger partial charge in [0.15, 0.2) is 0 Å². The summed E-state index contributed by atoms with van der Waals surface area (Å²) >= 11 is 0. The third-order valence-electron chi connectivity index (χ3n) is 4.68. The molecule has 1 aromatic rings. The largest absolute Gasteiger partial charge is 0.496 e. The number of rotatable bonds is 6. The summed E-state index contributed by atoms with van der Waals surface area (Å²) in [6.45, 7) is 0.194. The predicted molar refractivity (Wildman–Crippen MR) is 85.1 cm³/mol. The first-order valence-corrected chi connectivity index (χ1v) is 8.32. The average Bonchev–Trinajstić information content (AvgIpc) is 3.32. The Morgan fingerprint density at radius 3 is 2.77 bits per heavy atom. The molecular formula is C18H25NO3. The number of para-hydroxylation sites is 1. The molecule has 22 heavy (non-hydrogen) atoms. The predicted octanol–water partition coefficient (Wildman–Crippen LogP) is 3.02. The third-order valence-corrected chi connectivity index (χ3v) is 4.68. The number of ether oxygens (including phenoxy) is 2. The van der Waals surface area contributed by atoms with Gasteiger partial charge >= 0.3 is 0 Å². The molecular weight excluding hydrogens is 278 g/mol. The summed E-state index contributed by atoms with van der Waals surface area (Å²) in [6, 6.07) is 8.25. The Kier molecular flexibility index (Phi) is 4.98. The van der Waals surface area contributed by atoms with Crippen molar-refractivity contribution >= 4 is 5.91 Å². The lowest BCUT2D eigenvalue weighted by atomic mass is 9.98. The van der Waals surface area contributed by atoms with E-state index in [-0.39, 0.29) is 24.7 Å².